The quantitative estimate of drug-likeness (QED) is 0.453. The number of aliphatic carboxylic acids is 1. The van der Waals surface area contributed by atoms with E-state index in [2.05, 4.69) is 9.97 Å². The number of rotatable bonds is 10. The lowest BCUT2D eigenvalue weighted by molar-refractivity contribution is -0.139. The number of aliphatic hydroxyl groups is 1. The van der Waals surface area contributed by atoms with Gasteiger partial charge in [-0.2, -0.15) is 0 Å². The van der Waals surface area contributed by atoms with Gasteiger partial charge in [0.2, 0.25) is 5.88 Å². The summed E-state index contributed by atoms with van der Waals surface area (Å²) in [5.41, 5.74) is 1.42. The molecule has 1 heterocycles. The summed E-state index contributed by atoms with van der Waals surface area (Å²) in [6, 6.07) is 11.0. The normalized spacial score (nSPS) is 14.2. The van der Waals surface area contributed by atoms with Crippen LogP contribution in [-0.4, -0.2) is 39.4 Å². The zero-order chi connectivity index (χ0) is 24.1. The Hall–Kier alpha value is -3.72. The molecule has 1 aromatic heterocycles. The molecule has 1 aliphatic carbocycles. The zero-order valence-corrected chi connectivity index (χ0v) is 18.6. The number of aromatic nitrogens is 2. The first kappa shape index (κ1) is 23.4. The minimum absolute atomic E-state index is 0.00490. The highest BCUT2D eigenvalue weighted by atomic mass is 19.1. The molecule has 1 fully saturated rings. The van der Waals surface area contributed by atoms with Gasteiger partial charge in [-0.25, -0.2) is 14.4 Å². The Bertz CT molecular complexity index is 1170. The van der Waals surface area contributed by atoms with E-state index in [1.165, 1.54) is 25.4 Å². The average Bonchev–Trinajstić information content (AvgIpc) is 2.80. The van der Waals surface area contributed by atoms with Gasteiger partial charge in [0.15, 0.2) is 0 Å². The molecule has 0 amide bonds. The van der Waals surface area contributed by atoms with Crippen molar-refractivity contribution in [1.29, 1.82) is 0 Å². The number of carboxylic acid groups (broad SMARTS) is 1. The molecule has 0 aliphatic heterocycles. The van der Waals surface area contributed by atoms with Gasteiger partial charge in [-0.1, -0.05) is 12.1 Å². The molecule has 8 nitrogen and oxygen atoms in total. The van der Waals surface area contributed by atoms with Crippen molar-refractivity contribution in [2.45, 2.75) is 44.5 Å². The molecule has 0 unspecified atom stereocenters. The van der Waals surface area contributed by atoms with Crippen LogP contribution in [0.5, 0.6) is 17.4 Å². The molecule has 1 saturated carbocycles. The van der Waals surface area contributed by atoms with Crippen molar-refractivity contribution in [2.75, 3.05) is 7.11 Å². The summed E-state index contributed by atoms with van der Waals surface area (Å²) in [7, 11) is 1.50. The van der Waals surface area contributed by atoms with Crippen molar-refractivity contribution in [3.63, 3.8) is 0 Å². The molecule has 2 aromatic carbocycles. The Morgan fingerprint density at radius 1 is 1.21 bits per heavy atom. The summed E-state index contributed by atoms with van der Waals surface area (Å²) in [6.45, 7) is 0.0490. The molecule has 1 aliphatic rings. The topological polar surface area (TPSA) is 111 Å². The monoisotopic (exact) mass is 468 g/mol. The van der Waals surface area contributed by atoms with Crippen LogP contribution in [0.15, 0.2) is 48.7 Å². The molecule has 34 heavy (non-hydrogen) atoms. The van der Waals surface area contributed by atoms with Crippen LogP contribution < -0.4 is 14.2 Å². The minimum Gasteiger partial charge on any atom is -0.497 e. The van der Waals surface area contributed by atoms with E-state index >= 15 is 0 Å². The molecule has 0 bridgehead atoms. The number of hydrogen-bond acceptors (Lipinski definition) is 7. The number of carbonyl (C=O) groups is 1. The summed E-state index contributed by atoms with van der Waals surface area (Å²) in [4.78, 5) is 19.8. The van der Waals surface area contributed by atoms with E-state index < -0.39 is 24.3 Å². The maximum Gasteiger partial charge on any atom is 0.306 e. The van der Waals surface area contributed by atoms with E-state index in [4.69, 9.17) is 19.3 Å². The number of carboxylic acids is 1. The lowest BCUT2D eigenvalue weighted by atomic mass is 9.96. The third-order valence-corrected chi connectivity index (χ3v) is 5.55. The standard InChI is InChI=1S/C25H25FN2O6/c1-32-18-8-9-21(26)20(11-18)24-25(34-17-5-3-6-17)28-16(13-27-24)14-33-19-7-2-4-15(10-19)22(29)12-23(30)31/h2,4,7-11,13,17,22,29H,3,5-6,12,14H2,1H3,(H,30,31)/t22-/m1/s1. The molecular formula is C25H25FN2O6. The van der Waals surface area contributed by atoms with Gasteiger partial charge < -0.3 is 24.4 Å². The fourth-order valence-electron chi connectivity index (χ4n) is 3.45. The van der Waals surface area contributed by atoms with Crippen LogP contribution in [0.4, 0.5) is 4.39 Å². The van der Waals surface area contributed by atoms with Crippen molar-refractivity contribution in [3.05, 3.63) is 65.7 Å². The van der Waals surface area contributed by atoms with Gasteiger partial charge in [-0.15, -0.1) is 0 Å². The van der Waals surface area contributed by atoms with Crippen molar-refractivity contribution >= 4 is 5.97 Å². The summed E-state index contributed by atoms with van der Waals surface area (Å²) < 4.78 is 31.6. The molecular weight excluding hydrogens is 443 g/mol. The first-order chi connectivity index (χ1) is 16.4. The fourth-order valence-corrected chi connectivity index (χ4v) is 3.45. The van der Waals surface area contributed by atoms with Gasteiger partial charge in [0.05, 0.1) is 25.8 Å². The number of benzene rings is 2. The summed E-state index contributed by atoms with van der Waals surface area (Å²) in [5, 5.41) is 18.9. The maximum atomic E-state index is 14.6. The molecule has 0 radical (unpaired) electrons. The number of hydrogen-bond donors (Lipinski definition) is 2. The highest BCUT2D eigenvalue weighted by Gasteiger charge is 2.24. The van der Waals surface area contributed by atoms with E-state index in [1.807, 2.05) is 0 Å². The lowest BCUT2D eigenvalue weighted by Crippen LogP contribution is -2.25. The van der Waals surface area contributed by atoms with Gasteiger partial charge >= 0.3 is 5.97 Å². The number of nitrogens with zero attached hydrogens (tertiary/aromatic N) is 2. The fraction of sp³-hybridized carbons (Fsp3) is 0.320. The van der Waals surface area contributed by atoms with Crippen LogP contribution >= 0.6 is 0 Å². The number of aliphatic hydroxyl groups excluding tert-OH is 1. The molecule has 2 N–H and O–H groups in total. The zero-order valence-electron chi connectivity index (χ0n) is 18.6. The van der Waals surface area contributed by atoms with Crippen molar-refractivity contribution in [1.82, 2.24) is 9.97 Å². The van der Waals surface area contributed by atoms with Crippen LogP contribution in [0.2, 0.25) is 0 Å². The van der Waals surface area contributed by atoms with Gasteiger partial charge in [-0.05, 0) is 55.2 Å². The molecule has 3 aromatic rings. The Kier molecular flexibility index (Phi) is 7.22. The molecule has 1 atom stereocenters. The Morgan fingerprint density at radius 2 is 2.03 bits per heavy atom. The summed E-state index contributed by atoms with van der Waals surface area (Å²) >= 11 is 0. The second-order valence-electron chi connectivity index (χ2n) is 8.01. The van der Waals surface area contributed by atoms with Crippen molar-refractivity contribution in [2.24, 2.45) is 0 Å². The smallest absolute Gasteiger partial charge is 0.306 e. The van der Waals surface area contributed by atoms with Crippen LogP contribution in [0.1, 0.15) is 43.0 Å². The number of methoxy groups -OCH3 is 1. The predicted octanol–water partition coefficient (Wildman–Crippen LogP) is 4.31. The first-order valence-corrected chi connectivity index (χ1v) is 10.9. The van der Waals surface area contributed by atoms with Gasteiger partial charge in [0.25, 0.3) is 0 Å². The minimum atomic E-state index is -1.14. The average molecular weight is 468 g/mol. The summed E-state index contributed by atoms with van der Waals surface area (Å²) in [6.07, 6.45) is 2.81. The molecule has 178 valence electrons. The van der Waals surface area contributed by atoms with Crippen LogP contribution in [0.3, 0.4) is 0 Å². The van der Waals surface area contributed by atoms with Gasteiger partial charge in [0, 0.05) is 5.56 Å². The van der Waals surface area contributed by atoms with Gasteiger partial charge in [0.1, 0.15) is 41.4 Å². The lowest BCUT2D eigenvalue weighted by Gasteiger charge is -2.26. The van der Waals surface area contributed by atoms with Gasteiger partial charge in [-0.3, -0.25) is 4.79 Å². The van der Waals surface area contributed by atoms with Crippen molar-refractivity contribution in [3.8, 4) is 28.6 Å². The van der Waals surface area contributed by atoms with Crippen LogP contribution in [0, 0.1) is 5.82 Å². The highest BCUT2D eigenvalue weighted by Crippen LogP contribution is 2.34. The summed E-state index contributed by atoms with van der Waals surface area (Å²) in [5.74, 6) is -0.406. The molecule has 4 rings (SSSR count). The molecule has 0 saturated heterocycles. The van der Waals surface area contributed by atoms with E-state index in [1.54, 1.807) is 30.3 Å². The van der Waals surface area contributed by atoms with E-state index in [9.17, 15) is 14.3 Å². The highest BCUT2D eigenvalue weighted by molar-refractivity contribution is 5.68. The maximum absolute atomic E-state index is 14.6. The van der Waals surface area contributed by atoms with E-state index in [0.717, 1.165) is 19.3 Å². The Balaban J connectivity index is 1.55. The Morgan fingerprint density at radius 3 is 2.74 bits per heavy atom. The van der Waals surface area contributed by atoms with Crippen LogP contribution in [0.25, 0.3) is 11.3 Å². The van der Waals surface area contributed by atoms with E-state index in [0.29, 0.717) is 22.8 Å². The molecule has 9 heteroatoms. The first-order valence-electron chi connectivity index (χ1n) is 10.9. The van der Waals surface area contributed by atoms with E-state index in [-0.39, 0.29) is 29.8 Å². The second-order valence-corrected chi connectivity index (χ2v) is 8.01. The second kappa shape index (κ2) is 10.5. The number of halogens is 1. The van der Waals surface area contributed by atoms with Crippen LogP contribution in [-0.2, 0) is 11.4 Å². The predicted molar refractivity (Wildman–Crippen MR) is 120 cm³/mol. The Labute approximate surface area is 196 Å². The number of ether oxygens (including phenoxy) is 3. The third kappa shape index (κ3) is 5.60. The van der Waals surface area contributed by atoms with Crippen molar-refractivity contribution < 1.29 is 33.6 Å². The molecule has 0 spiro atoms. The SMILES string of the molecule is COc1ccc(F)c(-c2ncc(COc3cccc([C@H](O)CC(=O)O)c3)nc2OC2CCC2)c1. The third-order valence-electron chi connectivity index (χ3n) is 5.55. The largest absolute Gasteiger partial charge is 0.497 e.